The molecule has 0 radical (unpaired) electrons. The van der Waals surface area contributed by atoms with Gasteiger partial charge in [0.05, 0.1) is 0 Å². The molecule has 1 aromatic carbocycles. The van der Waals surface area contributed by atoms with Crippen molar-refractivity contribution in [2.45, 2.75) is 13.8 Å². The Kier molecular flexibility index (Phi) is 2.54. The first-order valence-corrected chi connectivity index (χ1v) is 4.10. The topological polar surface area (TPSA) is 12.0 Å². The van der Waals surface area contributed by atoms with Gasteiger partial charge < -0.3 is 5.32 Å². The number of hydrogen-bond donors (Lipinski definition) is 1. The molecule has 0 atom stereocenters. The third-order valence-corrected chi connectivity index (χ3v) is 1.98. The summed E-state index contributed by atoms with van der Waals surface area (Å²) in [7, 11) is 1.94. The van der Waals surface area contributed by atoms with E-state index in [2.05, 4.69) is 37.9 Å². The van der Waals surface area contributed by atoms with Crippen molar-refractivity contribution < 1.29 is 0 Å². The van der Waals surface area contributed by atoms with Crippen molar-refractivity contribution in [1.29, 1.82) is 0 Å². The number of anilines is 1. The lowest BCUT2D eigenvalue weighted by Gasteiger charge is -2.10. The van der Waals surface area contributed by atoms with Crippen molar-refractivity contribution in [2.75, 3.05) is 12.4 Å². The smallest absolute Gasteiger partial charge is 0.0440 e. The zero-order valence-electron chi connectivity index (χ0n) is 7.94. The summed E-state index contributed by atoms with van der Waals surface area (Å²) in [5.41, 5.74) is 4.90. The van der Waals surface area contributed by atoms with E-state index in [1.54, 1.807) is 0 Å². The van der Waals surface area contributed by atoms with Crippen LogP contribution in [-0.4, -0.2) is 7.05 Å². The predicted octanol–water partition coefficient (Wildman–Crippen LogP) is 2.99. The maximum atomic E-state index is 3.78. The fourth-order valence-corrected chi connectivity index (χ4v) is 1.50. The second-order valence-electron chi connectivity index (χ2n) is 3.00. The van der Waals surface area contributed by atoms with Crippen LogP contribution < -0.4 is 5.32 Å². The van der Waals surface area contributed by atoms with Crippen molar-refractivity contribution in [1.82, 2.24) is 0 Å². The lowest BCUT2D eigenvalue weighted by Crippen LogP contribution is -1.95. The molecule has 0 heterocycles. The second-order valence-corrected chi connectivity index (χ2v) is 3.00. The molecule has 1 heteroatoms. The summed E-state index contributed by atoms with van der Waals surface area (Å²) in [6.45, 7) is 7.98. The van der Waals surface area contributed by atoms with Crippen LogP contribution >= 0.6 is 0 Å². The van der Waals surface area contributed by atoms with Crippen molar-refractivity contribution >= 4 is 11.8 Å². The van der Waals surface area contributed by atoms with E-state index in [0.29, 0.717) is 0 Å². The quantitative estimate of drug-likeness (QED) is 0.703. The summed E-state index contributed by atoms with van der Waals surface area (Å²) in [5, 5.41) is 3.17. The molecule has 1 N–H and O–H groups in total. The molecule has 1 aromatic rings. The first-order valence-electron chi connectivity index (χ1n) is 4.10. The molecular formula is C11H15N. The normalized spacial score (nSPS) is 9.58. The van der Waals surface area contributed by atoms with Gasteiger partial charge in [0.25, 0.3) is 0 Å². The molecule has 0 spiro atoms. The highest BCUT2D eigenvalue weighted by atomic mass is 14.8. The highest BCUT2D eigenvalue weighted by Crippen LogP contribution is 2.22. The van der Waals surface area contributed by atoms with Gasteiger partial charge in [-0.3, -0.25) is 0 Å². The first kappa shape index (κ1) is 8.85. The predicted molar refractivity (Wildman–Crippen MR) is 55.6 cm³/mol. The summed E-state index contributed by atoms with van der Waals surface area (Å²) in [4.78, 5) is 0. The van der Waals surface area contributed by atoms with E-state index in [4.69, 9.17) is 0 Å². The van der Waals surface area contributed by atoms with Gasteiger partial charge in [0.15, 0.2) is 0 Å². The van der Waals surface area contributed by atoms with Gasteiger partial charge in [-0.15, -0.1) is 0 Å². The lowest BCUT2D eigenvalue weighted by molar-refractivity contribution is 1.34. The van der Waals surface area contributed by atoms with Gasteiger partial charge in [0.2, 0.25) is 0 Å². The minimum absolute atomic E-state index is 1.18. The minimum atomic E-state index is 1.18. The molecule has 0 amide bonds. The minimum Gasteiger partial charge on any atom is -0.387 e. The molecule has 0 aromatic heterocycles. The van der Waals surface area contributed by atoms with Crippen molar-refractivity contribution in [2.24, 2.45) is 0 Å². The van der Waals surface area contributed by atoms with Gasteiger partial charge in [0.1, 0.15) is 0 Å². The molecule has 0 fully saturated rings. The fourth-order valence-electron chi connectivity index (χ4n) is 1.50. The Morgan fingerprint density at radius 2 is 2.00 bits per heavy atom. The van der Waals surface area contributed by atoms with E-state index in [0.717, 1.165) is 0 Å². The number of hydrogen-bond acceptors (Lipinski definition) is 1. The van der Waals surface area contributed by atoms with Crippen molar-refractivity contribution in [3.05, 3.63) is 35.4 Å². The van der Waals surface area contributed by atoms with Crippen LogP contribution in [-0.2, 0) is 0 Å². The highest BCUT2D eigenvalue weighted by Gasteiger charge is 2.01. The molecule has 0 aliphatic heterocycles. The third kappa shape index (κ3) is 1.50. The van der Waals surface area contributed by atoms with Crippen LogP contribution in [0.5, 0.6) is 0 Å². The van der Waals surface area contributed by atoms with Gasteiger partial charge in [-0.05, 0) is 31.0 Å². The summed E-state index contributed by atoms with van der Waals surface area (Å²) in [6.07, 6.45) is 1.88. The van der Waals surface area contributed by atoms with Crippen LogP contribution in [0.25, 0.3) is 6.08 Å². The number of aryl methyl sites for hydroxylation is 2. The van der Waals surface area contributed by atoms with Crippen molar-refractivity contribution in [3.63, 3.8) is 0 Å². The molecule has 0 aliphatic carbocycles. The zero-order valence-corrected chi connectivity index (χ0v) is 7.94. The average molecular weight is 161 g/mol. The summed E-state index contributed by atoms with van der Waals surface area (Å²) < 4.78 is 0. The highest BCUT2D eigenvalue weighted by molar-refractivity contribution is 5.69. The van der Waals surface area contributed by atoms with E-state index < -0.39 is 0 Å². The van der Waals surface area contributed by atoms with Gasteiger partial charge in [-0.25, -0.2) is 0 Å². The van der Waals surface area contributed by atoms with Crippen LogP contribution in [0, 0.1) is 13.8 Å². The molecular weight excluding hydrogens is 146 g/mol. The Morgan fingerprint density at radius 1 is 1.33 bits per heavy atom. The van der Waals surface area contributed by atoms with Gasteiger partial charge >= 0.3 is 0 Å². The Morgan fingerprint density at radius 3 is 2.50 bits per heavy atom. The second kappa shape index (κ2) is 3.44. The van der Waals surface area contributed by atoms with Crippen LogP contribution in [0.4, 0.5) is 5.69 Å². The molecule has 0 aliphatic rings. The van der Waals surface area contributed by atoms with Crippen LogP contribution in [0.3, 0.4) is 0 Å². The van der Waals surface area contributed by atoms with Crippen LogP contribution in [0.1, 0.15) is 16.7 Å². The number of benzene rings is 1. The third-order valence-electron chi connectivity index (χ3n) is 1.98. The van der Waals surface area contributed by atoms with Gasteiger partial charge in [-0.2, -0.15) is 0 Å². The van der Waals surface area contributed by atoms with Crippen molar-refractivity contribution in [3.8, 4) is 0 Å². The Labute approximate surface area is 74.1 Å². The SMILES string of the molecule is C=Cc1cc(C)cc(C)c1NC. The molecule has 0 saturated heterocycles. The molecule has 64 valence electrons. The zero-order chi connectivity index (χ0) is 9.14. The number of nitrogens with one attached hydrogen (secondary N) is 1. The monoisotopic (exact) mass is 161 g/mol. The largest absolute Gasteiger partial charge is 0.387 e. The molecule has 0 saturated carbocycles. The van der Waals surface area contributed by atoms with E-state index in [-0.39, 0.29) is 0 Å². The Bertz CT molecular complexity index is 300. The van der Waals surface area contributed by atoms with E-state index in [1.165, 1.54) is 22.4 Å². The molecule has 1 nitrogen and oxygen atoms in total. The average Bonchev–Trinajstić information content (AvgIpc) is 2.03. The molecule has 0 bridgehead atoms. The fraction of sp³-hybridized carbons (Fsp3) is 0.273. The summed E-state index contributed by atoms with van der Waals surface area (Å²) in [6, 6.07) is 4.30. The van der Waals surface area contributed by atoms with Crippen LogP contribution in [0.15, 0.2) is 18.7 Å². The molecule has 1 rings (SSSR count). The Balaban J connectivity index is 3.33. The lowest BCUT2D eigenvalue weighted by atomic mass is 10.0. The van der Waals surface area contributed by atoms with E-state index >= 15 is 0 Å². The summed E-state index contributed by atoms with van der Waals surface area (Å²) >= 11 is 0. The first-order chi connectivity index (χ1) is 5.69. The van der Waals surface area contributed by atoms with E-state index in [1.807, 2.05) is 13.1 Å². The Hall–Kier alpha value is -1.24. The molecule has 0 unspecified atom stereocenters. The van der Waals surface area contributed by atoms with E-state index in [9.17, 15) is 0 Å². The summed E-state index contributed by atoms with van der Waals surface area (Å²) in [5.74, 6) is 0. The number of rotatable bonds is 2. The molecule has 12 heavy (non-hydrogen) atoms. The van der Waals surface area contributed by atoms with Crippen LogP contribution in [0.2, 0.25) is 0 Å². The van der Waals surface area contributed by atoms with Gasteiger partial charge in [-0.1, -0.05) is 24.3 Å². The standard InChI is InChI=1S/C11H15N/c1-5-10-7-8(2)6-9(3)11(10)12-4/h5-7,12H,1H2,2-4H3. The van der Waals surface area contributed by atoms with Gasteiger partial charge in [0, 0.05) is 12.7 Å². The maximum Gasteiger partial charge on any atom is 0.0440 e. The maximum absolute atomic E-state index is 3.78.